The summed E-state index contributed by atoms with van der Waals surface area (Å²) < 4.78 is 0. The van der Waals surface area contributed by atoms with Crippen LogP contribution < -0.4 is 0 Å². The number of aliphatic hydroxyl groups is 1. The first-order valence-corrected chi connectivity index (χ1v) is 7.85. The summed E-state index contributed by atoms with van der Waals surface area (Å²) >= 11 is 13.3. The number of hydrogen-bond acceptors (Lipinski definition) is 5. The molecule has 2 N–H and O–H groups in total. The van der Waals surface area contributed by atoms with E-state index in [1.54, 1.807) is 12.1 Å². The molecule has 8 heteroatoms. The Kier molecular flexibility index (Phi) is 4.63. The molecule has 2 heterocycles. The van der Waals surface area contributed by atoms with Gasteiger partial charge in [0.25, 0.3) is 0 Å². The van der Waals surface area contributed by atoms with E-state index in [1.165, 1.54) is 11.8 Å². The SMILES string of the molecule is OCc1n[nH]nc1Sc1cccc(-c2ccc(Cl)c(Cl)c2)n1. The molecule has 0 fully saturated rings. The van der Waals surface area contributed by atoms with Gasteiger partial charge in [-0.1, -0.05) is 35.3 Å². The number of rotatable bonds is 4. The first kappa shape index (κ1) is 15.3. The number of hydrogen-bond donors (Lipinski definition) is 2. The molecule has 0 spiro atoms. The fraction of sp³-hybridized carbons (Fsp3) is 0.0714. The van der Waals surface area contributed by atoms with Crippen molar-refractivity contribution in [3.63, 3.8) is 0 Å². The number of H-pyrrole nitrogens is 1. The van der Waals surface area contributed by atoms with Crippen molar-refractivity contribution in [2.45, 2.75) is 16.7 Å². The Morgan fingerprint density at radius 2 is 1.95 bits per heavy atom. The van der Waals surface area contributed by atoms with Gasteiger partial charge in [-0.2, -0.15) is 10.3 Å². The van der Waals surface area contributed by atoms with Crippen LogP contribution >= 0.6 is 35.0 Å². The second-order valence-corrected chi connectivity index (χ2v) is 6.15. The van der Waals surface area contributed by atoms with Crippen LogP contribution in [0.5, 0.6) is 0 Å². The van der Waals surface area contributed by atoms with Crippen molar-refractivity contribution in [2.24, 2.45) is 0 Å². The summed E-state index contributed by atoms with van der Waals surface area (Å²) in [6, 6.07) is 11.0. The highest BCUT2D eigenvalue weighted by atomic mass is 35.5. The number of aliphatic hydroxyl groups excluding tert-OH is 1. The number of aromatic amines is 1. The van der Waals surface area contributed by atoms with Crippen LogP contribution in [0.4, 0.5) is 0 Å². The molecule has 0 atom stereocenters. The van der Waals surface area contributed by atoms with Crippen LogP contribution in [-0.2, 0) is 6.61 Å². The molecule has 0 unspecified atom stereocenters. The first-order valence-electron chi connectivity index (χ1n) is 6.28. The quantitative estimate of drug-likeness (QED) is 0.746. The van der Waals surface area contributed by atoms with Crippen molar-refractivity contribution < 1.29 is 5.11 Å². The van der Waals surface area contributed by atoms with Crippen LogP contribution in [0.25, 0.3) is 11.3 Å². The Labute approximate surface area is 140 Å². The number of nitrogens with one attached hydrogen (secondary N) is 1. The standard InChI is InChI=1S/C14H10Cl2N4OS/c15-9-5-4-8(6-10(9)16)11-2-1-3-13(17-11)22-14-12(7-21)18-20-19-14/h1-6,21H,7H2,(H,18,19,20). The predicted octanol–water partition coefficient (Wildman–Crippen LogP) is 3.82. The van der Waals surface area contributed by atoms with Crippen LogP contribution in [0.1, 0.15) is 5.69 Å². The Balaban J connectivity index is 1.91. The van der Waals surface area contributed by atoms with E-state index in [4.69, 9.17) is 23.2 Å². The predicted molar refractivity (Wildman–Crippen MR) is 86.1 cm³/mol. The van der Waals surface area contributed by atoms with Gasteiger partial charge in [0, 0.05) is 5.56 Å². The van der Waals surface area contributed by atoms with E-state index in [9.17, 15) is 5.11 Å². The topological polar surface area (TPSA) is 74.7 Å². The lowest BCUT2D eigenvalue weighted by molar-refractivity contribution is 0.273. The van der Waals surface area contributed by atoms with Gasteiger partial charge in [-0.15, -0.1) is 5.10 Å². The Morgan fingerprint density at radius 1 is 1.09 bits per heavy atom. The summed E-state index contributed by atoms with van der Waals surface area (Å²) in [5, 5.41) is 21.9. The summed E-state index contributed by atoms with van der Waals surface area (Å²) in [6.07, 6.45) is 0. The third-order valence-electron chi connectivity index (χ3n) is 2.87. The molecule has 0 amide bonds. The van der Waals surface area contributed by atoms with Crippen LogP contribution in [0.15, 0.2) is 46.5 Å². The van der Waals surface area contributed by atoms with Crippen LogP contribution in [0, 0.1) is 0 Å². The van der Waals surface area contributed by atoms with Crippen LogP contribution in [-0.4, -0.2) is 25.5 Å². The third-order valence-corrected chi connectivity index (χ3v) is 4.57. The average molecular weight is 353 g/mol. The molecule has 3 rings (SSSR count). The van der Waals surface area contributed by atoms with Gasteiger partial charge in [0.1, 0.15) is 10.7 Å². The highest BCUT2D eigenvalue weighted by Crippen LogP contribution is 2.30. The second-order valence-electron chi connectivity index (χ2n) is 4.33. The number of nitrogens with zero attached hydrogens (tertiary/aromatic N) is 3. The Morgan fingerprint density at radius 3 is 2.73 bits per heavy atom. The van der Waals surface area contributed by atoms with E-state index >= 15 is 0 Å². The first-order chi connectivity index (χ1) is 10.7. The highest BCUT2D eigenvalue weighted by Gasteiger charge is 2.10. The maximum absolute atomic E-state index is 9.19. The summed E-state index contributed by atoms with van der Waals surface area (Å²) in [7, 11) is 0. The zero-order chi connectivity index (χ0) is 15.5. The number of halogens is 2. The zero-order valence-corrected chi connectivity index (χ0v) is 13.5. The molecule has 0 aliphatic rings. The van der Waals surface area contributed by atoms with Gasteiger partial charge in [0.2, 0.25) is 0 Å². The van der Waals surface area contributed by atoms with E-state index in [1.807, 2.05) is 24.3 Å². The number of benzene rings is 1. The number of pyridine rings is 1. The summed E-state index contributed by atoms with van der Waals surface area (Å²) in [5.41, 5.74) is 2.14. The molecule has 112 valence electrons. The van der Waals surface area contributed by atoms with Crippen molar-refractivity contribution in [1.82, 2.24) is 20.4 Å². The monoisotopic (exact) mass is 352 g/mol. The molecule has 3 aromatic rings. The lowest BCUT2D eigenvalue weighted by atomic mass is 10.1. The summed E-state index contributed by atoms with van der Waals surface area (Å²) in [6.45, 7) is -0.175. The molecule has 5 nitrogen and oxygen atoms in total. The molecule has 0 bridgehead atoms. The van der Waals surface area contributed by atoms with Crippen molar-refractivity contribution in [2.75, 3.05) is 0 Å². The average Bonchev–Trinajstić information content (AvgIpc) is 2.97. The van der Waals surface area contributed by atoms with E-state index in [2.05, 4.69) is 20.4 Å². The van der Waals surface area contributed by atoms with Gasteiger partial charge >= 0.3 is 0 Å². The molecular formula is C14H10Cl2N4OS. The molecular weight excluding hydrogens is 343 g/mol. The van der Waals surface area contributed by atoms with Gasteiger partial charge < -0.3 is 5.11 Å². The van der Waals surface area contributed by atoms with Gasteiger partial charge in [-0.3, -0.25) is 0 Å². The van der Waals surface area contributed by atoms with E-state index in [0.717, 1.165) is 16.3 Å². The maximum Gasteiger partial charge on any atom is 0.150 e. The lowest BCUT2D eigenvalue weighted by Gasteiger charge is -2.05. The lowest BCUT2D eigenvalue weighted by Crippen LogP contribution is -1.89. The van der Waals surface area contributed by atoms with E-state index in [-0.39, 0.29) is 6.61 Å². The van der Waals surface area contributed by atoms with Crippen LogP contribution in [0.2, 0.25) is 10.0 Å². The minimum Gasteiger partial charge on any atom is -0.390 e. The maximum atomic E-state index is 9.19. The van der Waals surface area contributed by atoms with Gasteiger partial charge in [0.05, 0.1) is 22.3 Å². The van der Waals surface area contributed by atoms with Gasteiger partial charge in [-0.25, -0.2) is 4.98 Å². The van der Waals surface area contributed by atoms with Crippen molar-refractivity contribution in [3.05, 3.63) is 52.1 Å². The van der Waals surface area contributed by atoms with E-state index in [0.29, 0.717) is 20.8 Å². The Bertz CT molecular complexity index is 809. The molecule has 1 aromatic carbocycles. The smallest absolute Gasteiger partial charge is 0.150 e. The molecule has 0 aliphatic heterocycles. The molecule has 0 saturated heterocycles. The van der Waals surface area contributed by atoms with Crippen LogP contribution in [0.3, 0.4) is 0 Å². The van der Waals surface area contributed by atoms with Gasteiger partial charge in [-0.05, 0) is 36.0 Å². The molecule has 0 aliphatic carbocycles. The number of aromatic nitrogens is 4. The van der Waals surface area contributed by atoms with Crippen molar-refractivity contribution >= 4 is 35.0 Å². The molecule has 0 saturated carbocycles. The van der Waals surface area contributed by atoms with E-state index < -0.39 is 0 Å². The highest BCUT2D eigenvalue weighted by molar-refractivity contribution is 7.99. The van der Waals surface area contributed by atoms with Crippen molar-refractivity contribution in [3.8, 4) is 11.3 Å². The fourth-order valence-corrected chi connectivity index (χ4v) is 2.92. The minimum atomic E-state index is -0.175. The van der Waals surface area contributed by atoms with Gasteiger partial charge in [0.15, 0.2) is 5.03 Å². The fourth-order valence-electron chi connectivity index (χ4n) is 1.81. The molecule has 22 heavy (non-hydrogen) atoms. The zero-order valence-electron chi connectivity index (χ0n) is 11.1. The third kappa shape index (κ3) is 3.25. The second kappa shape index (κ2) is 6.66. The normalized spacial score (nSPS) is 10.9. The Hall–Kier alpha value is -1.60. The minimum absolute atomic E-state index is 0.175. The molecule has 2 aromatic heterocycles. The van der Waals surface area contributed by atoms with Crippen molar-refractivity contribution in [1.29, 1.82) is 0 Å². The summed E-state index contributed by atoms with van der Waals surface area (Å²) in [4.78, 5) is 4.56. The summed E-state index contributed by atoms with van der Waals surface area (Å²) in [5.74, 6) is 0. The molecule has 0 radical (unpaired) electrons. The largest absolute Gasteiger partial charge is 0.390 e.